The zero-order chi connectivity index (χ0) is 25.0. The van der Waals surface area contributed by atoms with Crippen molar-refractivity contribution in [3.8, 4) is 11.8 Å². The molecule has 6 nitrogen and oxygen atoms in total. The van der Waals surface area contributed by atoms with Gasteiger partial charge in [-0.1, -0.05) is 0 Å². The third-order valence-electron chi connectivity index (χ3n) is 6.66. The van der Waals surface area contributed by atoms with E-state index in [1.54, 1.807) is 34.9 Å². The minimum absolute atomic E-state index is 0.0154. The number of alkyl halides is 3. The van der Waals surface area contributed by atoms with Crippen LogP contribution in [0.25, 0.3) is 0 Å². The monoisotopic (exact) mass is 519 g/mol. The predicted molar refractivity (Wildman–Crippen MR) is 129 cm³/mol. The molecule has 1 amide bonds. The standard InChI is InChI=1S/C24H20F3N3O3S2/c25-24(26,27)18-10-15(3-2-14(18)12-28)29-21(32)23(7-1-8-23)30(22(29)34)16-4-5-19-20(11-16)35-9-6-17(13-31)33-19/h2-5,10-11,17,31H,1,6-9,13H2/t17-/m0/s1. The predicted octanol–water partition coefficient (Wildman–Crippen LogP) is 4.87. The van der Waals surface area contributed by atoms with Gasteiger partial charge in [-0.2, -0.15) is 18.4 Å². The van der Waals surface area contributed by atoms with Crippen molar-refractivity contribution < 1.29 is 27.8 Å². The van der Waals surface area contributed by atoms with E-state index in [9.17, 15) is 23.1 Å². The molecule has 0 bridgehead atoms. The zero-order valence-corrected chi connectivity index (χ0v) is 20.0. The second kappa shape index (κ2) is 8.69. The van der Waals surface area contributed by atoms with Crippen molar-refractivity contribution in [2.45, 2.75) is 48.4 Å². The maximum atomic E-state index is 13.6. The van der Waals surface area contributed by atoms with E-state index in [2.05, 4.69) is 0 Å². The summed E-state index contributed by atoms with van der Waals surface area (Å²) in [6, 6.07) is 10.2. The van der Waals surface area contributed by atoms with Gasteiger partial charge in [-0.15, -0.1) is 11.8 Å². The second-order valence-electron chi connectivity index (χ2n) is 8.67. The fourth-order valence-electron chi connectivity index (χ4n) is 4.72. The van der Waals surface area contributed by atoms with Crippen molar-refractivity contribution >= 4 is 46.4 Å². The molecule has 1 spiro atoms. The van der Waals surface area contributed by atoms with Crippen molar-refractivity contribution in [3.05, 3.63) is 47.5 Å². The van der Waals surface area contributed by atoms with E-state index in [0.717, 1.165) is 34.1 Å². The van der Waals surface area contributed by atoms with Crippen molar-refractivity contribution in [2.75, 3.05) is 22.2 Å². The van der Waals surface area contributed by atoms with Crippen LogP contribution in [-0.2, 0) is 11.0 Å². The summed E-state index contributed by atoms with van der Waals surface area (Å²) in [6.45, 7) is -0.0883. The smallest absolute Gasteiger partial charge is 0.417 e. The lowest BCUT2D eigenvalue weighted by molar-refractivity contribution is -0.137. The molecule has 2 fully saturated rings. The topological polar surface area (TPSA) is 76.8 Å². The molecule has 35 heavy (non-hydrogen) atoms. The van der Waals surface area contributed by atoms with Crippen LogP contribution >= 0.6 is 24.0 Å². The molecule has 2 heterocycles. The maximum absolute atomic E-state index is 13.6. The van der Waals surface area contributed by atoms with Crippen LogP contribution in [0.2, 0.25) is 0 Å². The lowest BCUT2D eigenvalue weighted by Crippen LogP contribution is -2.55. The van der Waals surface area contributed by atoms with E-state index >= 15 is 0 Å². The molecule has 1 atom stereocenters. The number of aliphatic hydroxyl groups is 1. The molecule has 0 radical (unpaired) electrons. The van der Waals surface area contributed by atoms with E-state index in [1.165, 1.54) is 6.07 Å². The normalized spacial score (nSPS) is 21.3. The number of anilines is 2. The fourth-order valence-corrected chi connectivity index (χ4v) is 6.26. The molecular formula is C24H20F3N3O3S2. The van der Waals surface area contributed by atoms with Crippen molar-refractivity contribution in [2.24, 2.45) is 0 Å². The number of rotatable bonds is 3. The first kappa shape index (κ1) is 23.9. The first-order chi connectivity index (χ1) is 16.7. The Bertz CT molecular complexity index is 1260. The summed E-state index contributed by atoms with van der Waals surface area (Å²) in [6.07, 6.45) is -2.52. The third kappa shape index (κ3) is 3.84. The van der Waals surface area contributed by atoms with Crippen LogP contribution in [0.5, 0.6) is 5.75 Å². The van der Waals surface area contributed by atoms with Crippen LogP contribution in [-0.4, -0.2) is 40.1 Å². The van der Waals surface area contributed by atoms with Crippen LogP contribution < -0.4 is 14.5 Å². The van der Waals surface area contributed by atoms with Gasteiger partial charge in [-0.3, -0.25) is 9.69 Å². The number of ether oxygens (including phenoxy) is 1. The third-order valence-corrected chi connectivity index (χ3v) is 8.09. The van der Waals surface area contributed by atoms with Crippen LogP contribution in [0.1, 0.15) is 36.8 Å². The highest BCUT2D eigenvalue weighted by Gasteiger charge is 2.59. The molecule has 1 aliphatic carbocycles. The van der Waals surface area contributed by atoms with E-state index in [4.69, 9.17) is 22.2 Å². The number of fused-ring (bicyclic) bond motifs is 1. The summed E-state index contributed by atoms with van der Waals surface area (Å²) in [5.74, 6) is 1.01. The van der Waals surface area contributed by atoms with Crippen molar-refractivity contribution in [1.82, 2.24) is 0 Å². The number of hydrogen-bond donors (Lipinski definition) is 1. The number of benzene rings is 2. The molecule has 5 rings (SSSR count). The number of hydrogen-bond acceptors (Lipinski definition) is 6. The Morgan fingerprint density at radius 1 is 1.23 bits per heavy atom. The molecular weight excluding hydrogens is 499 g/mol. The van der Waals surface area contributed by atoms with E-state index in [1.807, 2.05) is 6.07 Å². The molecule has 1 saturated heterocycles. The molecule has 0 unspecified atom stereocenters. The molecule has 0 aromatic heterocycles. The lowest BCUT2D eigenvalue weighted by atomic mass is 9.75. The number of thiocarbonyl (C=S) groups is 1. The Morgan fingerprint density at radius 2 is 1.97 bits per heavy atom. The summed E-state index contributed by atoms with van der Waals surface area (Å²) < 4.78 is 46.6. The number of carbonyl (C=O) groups is 1. The van der Waals surface area contributed by atoms with E-state index < -0.39 is 22.8 Å². The highest BCUT2D eigenvalue weighted by atomic mass is 32.2. The highest BCUT2D eigenvalue weighted by Crippen LogP contribution is 2.49. The number of nitrogens with zero attached hydrogens (tertiary/aromatic N) is 3. The molecule has 11 heteroatoms. The van der Waals surface area contributed by atoms with Gasteiger partial charge in [0.15, 0.2) is 5.11 Å². The number of amides is 1. The molecule has 182 valence electrons. The molecule has 2 aliphatic heterocycles. The van der Waals surface area contributed by atoms with Crippen molar-refractivity contribution in [3.63, 3.8) is 0 Å². The first-order valence-corrected chi connectivity index (χ1v) is 12.4. The zero-order valence-electron chi connectivity index (χ0n) is 18.3. The van der Waals surface area contributed by atoms with Gasteiger partial charge < -0.3 is 14.7 Å². The molecule has 1 N–H and O–H groups in total. The molecule has 1 saturated carbocycles. The number of halogens is 3. The summed E-state index contributed by atoms with van der Waals surface area (Å²) in [7, 11) is 0. The summed E-state index contributed by atoms with van der Waals surface area (Å²) in [4.78, 5) is 17.4. The van der Waals surface area contributed by atoms with Gasteiger partial charge in [0.05, 0.1) is 34.4 Å². The van der Waals surface area contributed by atoms with Gasteiger partial charge >= 0.3 is 6.18 Å². The SMILES string of the molecule is N#Cc1ccc(N2C(=O)C3(CCC3)N(c3ccc4c(c3)SCC[C@@H](CO)O4)C2=S)cc1C(F)(F)F. The van der Waals surface area contributed by atoms with Gasteiger partial charge in [-0.25, -0.2) is 0 Å². The highest BCUT2D eigenvalue weighted by molar-refractivity contribution is 7.99. The Kier molecular flexibility index (Phi) is 5.94. The Balaban J connectivity index is 1.56. The molecule has 2 aromatic carbocycles. The van der Waals surface area contributed by atoms with Crippen molar-refractivity contribution in [1.29, 1.82) is 5.26 Å². The van der Waals surface area contributed by atoms with E-state index in [-0.39, 0.29) is 29.4 Å². The molecule has 2 aromatic rings. The van der Waals surface area contributed by atoms with E-state index in [0.29, 0.717) is 30.7 Å². The lowest BCUT2D eigenvalue weighted by Gasteiger charge is -2.43. The summed E-state index contributed by atoms with van der Waals surface area (Å²) >= 11 is 7.26. The number of carbonyl (C=O) groups excluding carboxylic acids is 1. The largest absolute Gasteiger partial charge is 0.487 e. The fraction of sp³-hybridized carbons (Fsp3) is 0.375. The van der Waals surface area contributed by atoms with Gasteiger partial charge in [0.2, 0.25) is 0 Å². The second-order valence-corrected chi connectivity index (χ2v) is 10.2. The average Bonchev–Trinajstić information content (AvgIpc) is 2.92. The van der Waals surface area contributed by atoms with Crippen LogP contribution in [0.15, 0.2) is 41.3 Å². The minimum Gasteiger partial charge on any atom is -0.487 e. The van der Waals surface area contributed by atoms with Gasteiger partial charge in [0.25, 0.3) is 5.91 Å². The number of thioether (sulfide) groups is 1. The average molecular weight is 520 g/mol. The van der Waals surface area contributed by atoms with Crippen LogP contribution in [0.3, 0.4) is 0 Å². The van der Waals surface area contributed by atoms with Gasteiger partial charge in [0.1, 0.15) is 17.4 Å². The summed E-state index contributed by atoms with van der Waals surface area (Å²) in [5.41, 5.74) is -1.93. The quantitative estimate of drug-likeness (QED) is 0.580. The van der Waals surface area contributed by atoms with Crippen LogP contribution in [0.4, 0.5) is 24.5 Å². The molecule has 3 aliphatic rings. The Hall–Kier alpha value is -2.81. The maximum Gasteiger partial charge on any atom is 0.417 e. The Labute approximate surface area is 209 Å². The number of nitriles is 1. The van der Waals surface area contributed by atoms with Gasteiger partial charge in [-0.05, 0) is 74.3 Å². The summed E-state index contributed by atoms with van der Waals surface area (Å²) in [5, 5.41) is 18.7. The van der Waals surface area contributed by atoms with Crippen LogP contribution in [0, 0.1) is 11.3 Å². The first-order valence-electron chi connectivity index (χ1n) is 11.0. The Morgan fingerprint density at radius 3 is 2.60 bits per heavy atom. The number of aliphatic hydroxyl groups excluding tert-OH is 1. The minimum atomic E-state index is -4.75. The van der Waals surface area contributed by atoms with Gasteiger partial charge in [0, 0.05) is 11.4 Å².